The molecule has 0 aromatic carbocycles. The summed E-state index contributed by atoms with van der Waals surface area (Å²) in [5, 5.41) is 11.1. The first-order chi connectivity index (χ1) is 7.86. The largest absolute Gasteiger partial charge is 0.480 e. The molecule has 0 saturated carbocycles. The molecule has 2 N–H and O–H groups in total. The molecule has 1 rings (SSSR count). The molecule has 6 nitrogen and oxygen atoms in total. The standard InChI is InChI=1S/C11H16N2O4/c1-4-8(2)12-10(16)13-6-11(3,7-13)17-5-9(14)15/h1,8H,5-7H2,2-3H3,(H,12,16)(H,14,15). The first kappa shape index (κ1) is 13.3. The molecule has 0 spiro atoms. The molecule has 1 heterocycles. The molecular weight excluding hydrogens is 224 g/mol. The van der Waals surface area contributed by atoms with Crippen molar-refractivity contribution < 1.29 is 19.4 Å². The minimum Gasteiger partial charge on any atom is -0.480 e. The lowest BCUT2D eigenvalue weighted by Crippen LogP contribution is -2.65. The maximum absolute atomic E-state index is 11.6. The second-order valence-corrected chi connectivity index (χ2v) is 4.33. The fourth-order valence-electron chi connectivity index (χ4n) is 1.55. The number of urea groups is 1. The van der Waals surface area contributed by atoms with E-state index in [0.29, 0.717) is 13.1 Å². The van der Waals surface area contributed by atoms with E-state index in [1.165, 1.54) is 4.90 Å². The van der Waals surface area contributed by atoms with Gasteiger partial charge < -0.3 is 20.1 Å². The molecule has 0 aromatic heterocycles. The van der Waals surface area contributed by atoms with Gasteiger partial charge in [-0.05, 0) is 13.8 Å². The minimum absolute atomic E-state index is 0.258. The predicted molar refractivity (Wildman–Crippen MR) is 60.4 cm³/mol. The van der Waals surface area contributed by atoms with Crippen LogP contribution in [-0.2, 0) is 9.53 Å². The van der Waals surface area contributed by atoms with Gasteiger partial charge in [0.05, 0.1) is 19.1 Å². The van der Waals surface area contributed by atoms with Gasteiger partial charge in [0, 0.05) is 0 Å². The quantitative estimate of drug-likeness (QED) is 0.672. The van der Waals surface area contributed by atoms with Crippen molar-refractivity contribution in [1.29, 1.82) is 0 Å². The number of hydrogen-bond donors (Lipinski definition) is 2. The second kappa shape index (κ2) is 5.06. The third-order valence-corrected chi connectivity index (χ3v) is 2.47. The second-order valence-electron chi connectivity index (χ2n) is 4.33. The molecule has 1 aliphatic heterocycles. The van der Waals surface area contributed by atoms with Gasteiger partial charge in [-0.3, -0.25) is 0 Å². The number of ether oxygens (including phenoxy) is 1. The summed E-state index contributed by atoms with van der Waals surface area (Å²) in [5.41, 5.74) is -0.574. The molecule has 0 bridgehead atoms. The van der Waals surface area contributed by atoms with E-state index in [9.17, 15) is 9.59 Å². The maximum atomic E-state index is 11.6. The van der Waals surface area contributed by atoms with Crippen molar-refractivity contribution in [2.24, 2.45) is 0 Å². The van der Waals surface area contributed by atoms with Gasteiger partial charge in [0.1, 0.15) is 12.2 Å². The van der Waals surface area contributed by atoms with Crippen LogP contribution < -0.4 is 5.32 Å². The number of carbonyl (C=O) groups is 2. The van der Waals surface area contributed by atoms with Crippen LogP contribution in [0.15, 0.2) is 0 Å². The van der Waals surface area contributed by atoms with E-state index in [4.69, 9.17) is 16.3 Å². The molecule has 17 heavy (non-hydrogen) atoms. The Kier molecular flexibility index (Phi) is 3.97. The topological polar surface area (TPSA) is 78.9 Å². The van der Waals surface area contributed by atoms with Crippen molar-refractivity contribution in [3.05, 3.63) is 0 Å². The zero-order valence-electron chi connectivity index (χ0n) is 9.90. The molecule has 0 aliphatic carbocycles. The highest BCUT2D eigenvalue weighted by atomic mass is 16.5. The van der Waals surface area contributed by atoms with Crippen molar-refractivity contribution in [3.63, 3.8) is 0 Å². The van der Waals surface area contributed by atoms with Crippen LogP contribution in [0.25, 0.3) is 0 Å². The van der Waals surface area contributed by atoms with Crippen molar-refractivity contribution in [3.8, 4) is 12.3 Å². The van der Waals surface area contributed by atoms with Gasteiger partial charge in [-0.25, -0.2) is 9.59 Å². The number of carboxylic acids is 1. The van der Waals surface area contributed by atoms with Gasteiger partial charge in [0.15, 0.2) is 0 Å². The number of nitrogens with zero attached hydrogens (tertiary/aromatic N) is 1. The number of likely N-dealkylation sites (tertiary alicyclic amines) is 1. The van der Waals surface area contributed by atoms with Gasteiger partial charge in [-0.1, -0.05) is 5.92 Å². The molecule has 0 radical (unpaired) electrons. The summed E-state index contributed by atoms with van der Waals surface area (Å²) in [7, 11) is 0. The summed E-state index contributed by atoms with van der Waals surface area (Å²) in [5.74, 6) is 1.37. The molecule has 1 unspecified atom stereocenters. The highest BCUT2D eigenvalue weighted by molar-refractivity contribution is 5.76. The fraction of sp³-hybridized carbons (Fsp3) is 0.636. The molecular formula is C11H16N2O4. The van der Waals surface area contributed by atoms with E-state index in [1.807, 2.05) is 0 Å². The van der Waals surface area contributed by atoms with Crippen LogP contribution in [0.3, 0.4) is 0 Å². The zero-order valence-corrected chi connectivity index (χ0v) is 9.90. The van der Waals surface area contributed by atoms with E-state index in [1.54, 1.807) is 13.8 Å². The van der Waals surface area contributed by atoms with Gasteiger partial charge in [0.25, 0.3) is 0 Å². The Hall–Kier alpha value is -1.74. The number of terminal acetylenes is 1. The van der Waals surface area contributed by atoms with Crippen LogP contribution in [0.1, 0.15) is 13.8 Å². The van der Waals surface area contributed by atoms with E-state index in [0.717, 1.165) is 0 Å². The molecule has 1 fully saturated rings. The summed E-state index contributed by atoms with van der Waals surface area (Å²) >= 11 is 0. The number of hydrogen-bond acceptors (Lipinski definition) is 3. The summed E-state index contributed by atoms with van der Waals surface area (Å²) in [6, 6.07) is -0.582. The average molecular weight is 240 g/mol. The third kappa shape index (κ3) is 3.64. The number of carbonyl (C=O) groups excluding carboxylic acids is 1. The summed E-state index contributed by atoms with van der Waals surface area (Å²) in [4.78, 5) is 23.4. The Bertz CT molecular complexity index is 355. The van der Waals surface area contributed by atoms with Gasteiger partial charge >= 0.3 is 12.0 Å². The Labute approximate surface area is 99.9 Å². The predicted octanol–water partition coefficient (Wildman–Crippen LogP) is -0.107. The Morgan fingerprint density at radius 1 is 1.65 bits per heavy atom. The first-order valence-corrected chi connectivity index (χ1v) is 5.23. The average Bonchev–Trinajstić information content (AvgIpc) is 2.22. The SMILES string of the molecule is C#CC(C)NC(=O)N1CC(C)(OCC(=O)O)C1. The van der Waals surface area contributed by atoms with Gasteiger partial charge in [0.2, 0.25) is 0 Å². The number of amides is 2. The Morgan fingerprint density at radius 3 is 2.71 bits per heavy atom. The van der Waals surface area contributed by atoms with Gasteiger partial charge in [-0.2, -0.15) is 0 Å². The number of nitrogens with one attached hydrogen (secondary N) is 1. The Balaban J connectivity index is 2.33. The molecule has 2 amide bonds. The monoisotopic (exact) mass is 240 g/mol. The smallest absolute Gasteiger partial charge is 0.329 e. The molecule has 94 valence electrons. The van der Waals surface area contributed by atoms with Crippen molar-refractivity contribution >= 4 is 12.0 Å². The van der Waals surface area contributed by atoms with Crippen LogP contribution in [0.5, 0.6) is 0 Å². The van der Waals surface area contributed by atoms with E-state index >= 15 is 0 Å². The summed E-state index contributed by atoms with van der Waals surface area (Å²) < 4.78 is 5.18. The number of carboxylic acid groups (broad SMARTS) is 1. The van der Waals surface area contributed by atoms with Crippen LogP contribution in [0, 0.1) is 12.3 Å². The summed E-state index contributed by atoms with van der Waals surface area (Å²) in [6.07, 6.45) is 5.14. The van der Waals surface area contributed by atoms with E-state index in [-0.39, 0.29) is 18.7 Å². The highest BCUT2D eigenvalue weighted by Crippen LogP contribution is 2.24. The van der Waals surface area contributed by atoms with Gasteiger partial charge in [-0.15, -0.1) is 6.42 Å². The van der Waals surface area contributed by atoms with Crippen LogP contribution in [-0.4, -0.2) is 53.3 Å². The third-order valence-electron chi connectivity index (χ3n) is 2.47. The van der Waals surface area contributed by atoms with Crippen LogP contribution in [0.2, 0.25) is 0 Å². The Morgan fingerprint density at radius 2 is 2.24 bits per heavy atom. The van der Waals surface area contributed by atoms with Crippen molar-refractivity contribution in [1.82, 2.24) is 10.2 Å². The van der Waals surface area contributed by atoms with E-state index in [2.05, 4.69) is 11.2 Å². The lowest BCUT2D eigenvalue weighted by Gasteiger charge is -2.47. The molecule has 1 saturated heterocycles. The molecule has 1 atom stereocenters. The molecule has 0 aromatic rings. The maximum Gasteiger partial charge on any atom is 0.329 e. The zero-order chi connectivity index (χ0) is 13.1. The lowest BCUT2D eigenvalue weighted by molar-refractivity contribution is -0.159. The van der Waals surface area contributed by atoms with Crippen molar-refractivity contribution in [2.45, 2.75) is 25.5 Å². The number of aliphatic carboxylic acids is 1. The lowest BCUT2D eigenvalue weighted by atomic mass is 9.97. The molecule has 1 aliphatic rings. The van der Waals surface area contributed by atoms with Crippen LogP contribution >= 0.6 is 0 Å². The van der Waals surface area contributed by atoms with Crippen molar-refractivity contribution in [2.75, 3.05) is 19.7 Å². The molecule has 6 heteroatoms. The normalized spacial score (nSPS) is 18.8. The first-order valence-electron chi connectivity index (χ1n) is 5.23. The minimum atomic E-state index is -1.02. The number of rotatable bonds is 4. The fourth-order valence-corrected chi connectivity index (χ4v) is 1.55. The van der Waals surface area contributed by atoms with E-state index < -0.39 is 11.6 Å². The van der Waals surface area contributed by atoms with Crippen LogP contribution in [0.4, 0.5) is 4.79 Å². The highest BCUT2D eigenvalue weighted by Gasteiger charge is 2.42. The summed E-state index contributed by atoms with van der Waals surface area (Å²) in [6.45, 7) is 3.85.